The lowest BCUT2D eigenvalue weighted by atomic mass is 10.1. The Hall–Kier alpha value is -1.09. The number of likely N-dealkylation sites (tertiary alicyclic amines) is 1. The molecular weight excluding hydrogens is 320 g/mol. The first-order valence-electron chi connectivity index (χ1n) is 7.45. The van der Waals surface area contributed by atoms with Crippen molar-refractivity contribution < 1.29 is 8.42 Å². The van der Waals surface area contributed by atoms with Gasteiger partial charge in [-0.05, 0) is 44.0 Å². The van der Waals surface area contributed by atoms with Gasteiger partial charge in [0, 0.05) is 13.1 Å². The molecule has 3 rings (SSSR count). The minimum atomic E-state index is -3.56. The molecule has 2 aromatic rings. The Bertz CT molecular complexity index is 772. The van der Waals surface area contributed by atoms with Gasteiger partial charge in [-0.1, -0.05) is 13.0 Å². The fraction of sp³-hybridized carbons (Fsp3) is 0.571. The van der Waals surface area contributed by atoms with Crippen molar-refractivity contribution in [3.63, 3.8) is 0 Å². The van der Waals surface area contributed by atoms with E-state index in [1.165, 1.54) is 0 Å². The van der Waals surface area contributed by atoms with Crippen LogP contribution in [0.1, 0.15) is 18.9 Å². The fourth-order valence-corrected chi connectivity index (χ4v) is 5.03. The summed E-state index contributed by atoms with van der Waals surface area (Å²) in [7, 11) is -3.56. The van der Waals surface area contributed by atoms with E-state index in [-0.39, 0.29) is 4.90 Å². The molecule has 0 spiro atoms. The largest absolute Gasteiger partial charge is 0.303 e. The molecule has 1 unspecified atom stereocenters. The normalized spacial score (nSPS) is 20.0. The molecule has 0 bridgehead atoms. The maximum absolute atomic E-state index is 12.7. The van der Waals surface area contributed by atoms with E-state index in [1.54, 1.807) is 13.0 Å². The summed E-state index contributed by atoms with van der Waals surface area (Å²) in [6.07, 6.45) is 1.04. The van der Waals surface area contributed by atoms with Gasteiger partial charge in [0.25, 0.3) is 0 Å². The number of nitrogens with zero attached hydrogens (tertiary/aromatic N) is 3. The van der Waals surface area contributed by atoms with E-state index in [0.717, 1.165) is 37.8 Å². The Morgan fingerprint density at radius 1 is 1.41 bits per heavy atom. The predicted octanol–water partition coefficient (Wildman–Crippen LogP) is 1.62. The molecule has 120 valence electrons. The van der Waals surface area contributed by atoms with Crippen LogP contribution in [-0.2, 0) is 10.0 Å². The third-order valence-electron chi connectivity index (χ3n) is 4.23. The molecule has 0 radical (unpaired) electrons. The Kier molecular flexibility index (Phi) is 4.44. The minimum absolute atomic E-state index is 0.268. The lowest BCUT2D eigenvalue weighted by Gasteiger charge is -2.14. The van der Waals surface area contributed by atoms with Gasteiger partial charge >= 0.3 is 0 Å². The van der Waals surface area contributed by atoms with Crippen LogP contribution in [0, 0.1) is 12.8 Å². The van der Waals surface area contributed by atoms with Crippen LogP contribution in [0.5, 0.6) is 0 Å². The molecule has 1 fully saturated rings. The van der Waals surface area contributed by atoms with Gasteiger partial charge in [-0.25, -0.2) is 13.1 Å². The van der Waals surface area contributed by atoms with Gasteiger partial charge in [0.1, 0.15) is 15.9 Å². The van der Waals surface area contributed by atoms with Crippen molar-refractivity contribution in [2.75, 3.05) is 26.2 Å². The quantitative estimate of drug-likeness (QED) is 0.895. The summed E-state index contributed by atoms with van der Waals surface area (Å²) in [5.41, 5.74) is 1.81. The van der Waals surface area contributed by atoms with Crippen molar-refractivity contribution in [1.82, 2.24) is 18.4 Å². The molecule has 1 aliphatic heterocycles. The van der Waals surface area contributed by atoms with Crippen molar-refractivity contribution in [1.29, 1.82) is 0 Å². The standard InChI is InChI=1S/C14H20N4O2S2/c1-3-18-7-6-11(9-18)8-15-22(19,20)14-10(2)4-5-12-13(14)17-21-16-12/h4-5,11,15H,3,6-9H2,1-2H3. The Balaban J connectivity index is 1.80. The molecule has 2 heterocycles. The highest BCUT2D eigenvalue weighted by Crippen LogP contribution is 2.25. The van der Waals surface area contributed by atoms with Crippen LogP contribution in [0.4, 0.5) is 0 Å². The maximum atomic E-state index is 12.7. The number of hydrogen-bond donors (Lipinski definition) is 1. The molecule has 0 amide bonds. The van der Waals surface area contributed by atoms with Crippen molar-refractivity contribution in [2.24, 2.45) is 5.92 Å². The molecule has 6 nitrogen and oxygen atoms in total. The van der Waals surface area contributed by atoms with Crippen LogP contribution in [0.2, 0.25) is 0 Å². The first-order valence-corrected chi connectivity index (χ1v) is 9.66. The van der Waals surface area contributed by atoms with Gasteiger partial charge in [-0.15, -0.1) is 0 Å². The number of rotatable bonds is 5. The fourth-order valence-electron chi connectivity index (χ4n) is 2.93. The number of fused-ring (bicyclic) bond motifs is 1. The summed E-state index contributed by atoms with van der Waals surface area (Å²) in [6, 6.07) is 3.59. The number of benzene rings is 1. The predicted molar refractivity (Wildman–Crippen MR) is 87.6 cm³/mol. The SMILES string of the molecule is CCN1CCC(CNS(=O)(=O)c2c(C)ccc3nsnc23)C1. The van der Waals surface area contributed by atoms with E-state index >= 15 is 0 Å². The number of aromatic nitrogens is 2. The molecule has 22 heavy (non-hydrogen) atoms. The summed E-state index contributed by atoms with van der Waals surface area (Å²) in [5.74, 6) is 0.378. The van der Waals surface area contributed by atoms with Gasteiger partial charge < -0.3 is 4.90 Å². The molecule has 1 aromatic heterocycles. The van der Waals surface area contributed by atoms with Crippen molar-refractivity contribution in [3.05, 3.63) is 17.7 Å². The Morgan fingerprint density at radius 3 is 2.95 bits per heavy atom. The molecule has 1 aromatic carbocycles. The van der Waals surface area contributed by atoms with Crippen LogP contribution in [0.3, 0.4) is 0 Å². The maximum Gasteiger partial charge on any atom is 0.243 e. The highest BCUT2D eigenvalue weighted by atomic mass is 32.2. The monoisotopic (exact) mass is 340 g/mol. The lowest BCUT2D eigenvalue weighted by molar-refractivity contribution is 0.342. The van der Waals surface area contributed by atoms with E-state index in [1.807, 2.05) is 6.07 Å². The average molecular weight is 340 g/mol. The first-order chi connectivity index (χ1) is 10.5. The molecule has 1 atom stereocenters. The zero-order valence-electron chi connectivity index (χ0n) is 12.7. The van der Waals surface area contributed by atoms with Crippen LogP contribution in [0.25, 0.3) is 11.0 Å². The lowest BCUT2D eigenvalue weighted by Crippen LogP contribution is -2.31. The topological polar surface area (TPSA) is 75.2 Å². The van der Waals surface area contributed by atoms with Gasteiger partial charge in [-0.3, -0.25) is 0 Å². The molecular formula is C14H20N4O2S2. The van der Waals surface area contributed by atoms with E-state index in [9.17, 15) is 8.42 Å². The van der Waals surface area contributed by atoms with Crippen molar-refractivity contribution >= 4 is 32.8 Å². The third-order valence-corrected chi connectivity index (χ3v) is 6.37. The van der Waals surface area contributed by atoms with E-state index < -0.39 is 10.0 Å². The number of hydrogen-bond acceptors (Lipinski definition) is 6. The summed E-state index contributed by atoms with van der Waals surface area (Å²) in [5, 5.41) is 0. The van der Waals surface area contributed by atoms with Gasteiger partial charge in [0.05, 0.1) is 11.7 Å². The van der Waals surface area contributed by atoms with Crippen LogP contribution < -0.4 is 4.72 Å². The Morgan fingerprint density at radius 2 is 2.23 bits per heavy atom. The molecule has 0 aliphatic carbocycles. The third kappa shape index (κ3) is 3.01. The molecule has 8 heteroatoms. The highest BCUT2D eigenvalue weighted by molar-refractivity contribution is 7.89. The van der Waals surface area contributed by atoms with E-state index in [2.05, 4.69) is 25.3 Å². The second-order valence-electron chi connectivity index (χ2n) is 5.74. The average Bonchev–Trinajstić information content (AvgIpc) is 3.13. The summed E-state index contributed by atoms with van der Waals surface area (Å²) in [4.78, 5) is 2.61. The minimum Gasteiger partial charge on any atom is -0.303 e. The first kappa shape index (κ1) is 15.8. The van der Waals surface area contributed by atoms with E-state index in [0.29, 0.717) is 29.1 Å². The zero-order valence-corrected chi connectivity index (χ0v) is 14.4. The number of sulfonamides is 1. The highest BCUT2D eigenvalue weighted by Gasteiger charge is 2.26. The molecule has 0 saturated carbocycles. The molecule has 1 N–H and O–H groups in total. The van der Waals surface area contributed by atoms with Gasteiger partial charge in [0.15, 0.2) is 0 Å². The van der Waals surface area contributed by atoms with Crippen LogP contribution in [0.15, 0.2) is 17.0 Å². The van der Waals surface area contributed by atoms with Crippen LogP contribution >= 0.6 is 11.7 Å². The zero-order chi connectivity index (χ0) is 15.7. The summed E-state index contributed by atoms with van der Waals surface area (Å²) >= 11 is 1.04. The number of nitrogens with one attached hydrogen (secondary N) is 1. The second-order valence-corrected chi connectivity index (χ2v) is 7.98. The van der Waals surface area contributed by atoms with Crippen molar-refractivity contribution in [2.45, 2.75) is 25.2 Å². The smallest absolute Gasteiger partial charge is 0.243 e. The Labute approximate surface area is 134 Å². The molecule has 1 aliphatic rings. The van der Waals surface area contributed by atoms with Gasteiger partial charge in [-0.2, -0.15) is 8.75 Å². The number of aryl methyl sites for hydroxylation is 1. The molecule has 1 saturated heterocycles. The van der Waals surface area contributed by atoms with E-state index in [4.69, 9.17) is 0 Å². The van der Waals surface area contributed by atoms with Crippen LogP contribution in [-0.4, -0.2) is 48.2 Å². The summed E-state index contributed by atoms with van der Waals surface area (Å²) in [6.45, 7) is 7.43. The van der Waals surface area contributed by atoms with Crippen molar-refractivity contribution in [3.8, 4) is 0 Å². The summed E-state index contributed by atoms with van der Waals surface area (Å²) < 4.78 is 36.4. The second kappa shape index (κ2) is 6.19. The van der Waals surface area contributed by atoms with Gasteiger partial charge in [0.2, 0.25) is 10.0 Å².